The number of fused-ring (bicyclic) bond motifs is 1. The van der Waals surface area contributed by atoms with Gasteiger partial charge in [-0.1, -0.05) is 12.1 Å². The third-order valence-electron chi connectivity index (χ3n) is 3.31. The minimum Gasteiger partial charge on any atom is -0.490 e. The Bertz CT molecular complexity index is 675. The summed E-state index contributed by atoms with van der Waals surface area (Å²) in [6.07, 6.45) is 0.872. The molecule has 2 aromatic rings. The van der Waals surface area contributed by atoms with Gasteiger partial charge in [-0.25, -0.2) is 0 Å². The SMILES string of the molecule is Cc1cc(-c2cccc3c2OCCCO3)c(CC(=O)O)s1. The quantitative estimate of drug-likeness (QED) is 0.942. The molecule has 1 aliphatic rings. The highest BCUT2D eigenvalue weighted by molar-refractivity contribution is 7.12. The Morgan fingerprint density at radius 1 is 1.29 bits per heavy atom. The molecule has 5 heteroatoms. The van der Waals surface area contributed by atoms with Gasteiger partial charge < -0.3 is 14.6 Å². The van der Waals surface area contributed by atoms with Crippen LogP contribution in [0.25, 0.3) is 11.1 Å². The van der Waals surface area contributed by atoms with Crippen molar-refractivity contribution >= 4 is 17.3 Å². The molecule has 0 atom stereocenters. The van der Waals surface area contributed by atoms with Crippen molar-refractivity contribution in [2.75, 3.05) is 13.2 Å². The molecule has 0 saturated carbocycles. The fraction of sp³-hybridized carbons (Fsp3) is 0.312. The molecule has 0 spiro atoms. The van der Waals surface area contributed by atoms with Crippen LogP contribution in [0.1, 0.15) is 16.2 Å². The highest BCUT2D eigenvalue weighted by Gasteiger charge is 2.20. The normalized spacial score (nSPS) is 13.8. The molecule has 21 heavy (non-hydrogen) atoms. The van der Waals surface area contributed by atoms with Crippen LogP contribution in [0.4, 0.5) is 0 Å². The van der Waals surface area contributed by atoms with E-state index in [0.717, 1.165) is 38.8 Å². The molecule has 4 nitrogen and oxygen atoms in total. The first-order valence-corrected chi connectivity index (χ1v) is 7.67. The molecular formula is C16H16O4S. The van der Waals surface area contributed by atoms with Crippen LogP contribution in [0.5, 0.6) is 11.5 Å². The number of thiophene rings is 1. The van der Waals surface area contributed by atoms with E-state index < -0.39 is 5.97 Å². The number of carboxylic acid groups (broad SMARTS) is 1. The van der Waals surface area contributed by atoms with Crippen LogP contribution < -0.4 is 9.47 Å². The molecule has 0 radical (unpaired) electrons. The second-order valence-corrected chi connectivity index (χ2v) is 6.29. The standard InChI is InChI=1S/C16H16O4S/c1-10-8-12(14(21-10)9-15(17)18)11-4-2-5-13-16(11)20-7-3-6-19-13/h2,4-5,8H,3,6-7,9H2,1H3,(H,17,18). The minimum absolute atomic E-state index is 0.0262. The molecule has 0 unspecified atom stereocenters. The largest absolute Gasteiger partial charge is 0.490 e. The molecular weight excluding hydrogens is 288 g/mol. The summed E-state index contributed by atoms with van der Waals surface area (Å²) in [5.74, 6) is 0.631. The zero-order valence-electron chi connectivity index (χ0n) is 11.7. The predicted octanol–water partition coefficient (Wildman–Crippen LogP) is 3.51. The van der Waals surface area contributed by atoms with E-state index in [1.807, 2.05) is 31.2 Å². The number of carboxylic acids is 1. The second kappa shape index (κ2) is 5.77. The van der Waals surface area contributed by atoms with Crippen LogP contribution in [0.3, 0.4) is 0 Å². The minimum atomic E-state index is -0.822. The van der Waals surface area contributed by atoms with Crippen LogP contribution in [0, 0.1) is 6.92 Å². The summed E-state index contributed by atoms with van der Waals surface area (Å²) >= 11 is 1.52. The molecule has 0 amide bonds. The fourth-order valence-electron chi connectivity index (χ4n) is 2.46. The highest BCUT2D eigenvalue weighted by Crippen LogP contribution is 2.42. The number of aryl methyl sites for hydroxylation is 1. The molecule has 1 N–H and O–H groups in total. The van der Waals surface area contributed by atoms with Crippen molar-refractivity contribution in [3.8, 4) is 22.6 Å². The van der Waals surface area contributed by atoms with Gasteiger partial charge >= 0.3 is 5.97 Å². The van der Waals surface area contributed by atoms with Crippen LogP contribution in [-0.2, 0) is 11.2 Å². The van der Waals surface area contributed by atoms with Crippen molar-refractivity contribution in [2.24, 2.45) is 0 Å². The maximum atomic E-state index is 11.1. The summed E-state index contributed by atoms with van der Waals surface area (Å²) in [6, 6.07) is 7.79. The molecule has 3 rings (SSSR count). The first-order valence-electron chi connectivity index (χ1n) is 6.85. The monoisotopic (exact) mass is 304 g/mol. The third-order valence-corrected chi connectivity index (χ3v) is 4.36. The van der Waals surface area contributed by atoms with Crippen molar-refractivity contribution in [1.29, 1.82) is 0 Å². The van der Waals surface area contributed by atoms with Crippen molar-refractivity contribution < 1.29 is 19.4 Å². The number of hydrogen-bond acceptors (Lipinski definition) is 4. The van der Waals surface area contributed by atoms with Gasteiger partial charge in [0, 0.05) is 27.3 Å². The summed E-state index contributed by atoms with van der Waals surface area (Å²) in [7, 11) is 0. The Kier molecular flexibility index (Phi) is 3.84. The molecule has 0 saturated heterocycles. The van der Waals surface area contributed by atoms with Crippen molar-refractivity contribution in [2.45, 2.75) is 19.8 Å². The van der Waals surface area contributed by atoms with Gasteiger partial charge in [0.2, 0.25) is 0 Å². The Morgan fingerprint density at radius 3 is 2.90 bits per heavy atom. The number of ether oxygens (including phenoxy) is 2. The van der Waals surface area contributed by atoms with E-state index in [4.69, 9.17) is 14.6 Å². The molecule has 0 fully saturated rings. The van der Waals surface area contributed by atoms with Gasteiger partial charge in [-0.2, -0.15) is 0 Å². The second-order valence-electron chi connectivity index (χ2n) is 4.95. The van der Waals surface area contributed by atoms with Gasteiger partial charge in [-0.3, -0.25) is 4.79 Å². The van der Waals surface area contributed by atoms with E-state index in [0.29, 0.717) is 13.2 Å². The average molecular weight is 304 g/mol. The van der Waals surface area contributed by atoms with E-state index in [-0.39, 0.29) is 6.42 Å². The van der Waals surface area contributed by atoms with Gasteiger partial charge in [-0.05, 0) is 19.1 Å². The Labute approximate surface area is 126 Å². The molecule has 1 aromatic heterocycles. The van der Waals surface area contributed by atoms with E-state index >= 15 is 0 Å². The number of rotatable bonds is 3. The first-order chi connectivity index (χ1) is 10.1. The molecule has 0 bridgehead atoms. The smallest absolute Gasteiger partial charge is 0.308 e. The third kappa shape index (κ3) is 2.88. The number of carbonyl (C=O) groups is 1. The zero-order chi connectivity index (χ0) is 14.8. The number of hydrogen-bond donors (Lipinski definition) is 1. The highest BCUT2D eigenvalue weighted by atomic mass is 32.1. The van der Waals surface area contributed by atoms with Gasteiger partial charge in [0.15, 0.2) is 11.5 Å². The number of aliphatic carboxylic acids is 1. The van der Waals surface area contributed by atoms with Crippen LogP contribution in [0.2, 0.25) is 0 Å². The Morgan fingerprint density at radius 2 is 2.10 bits per heavy atom. The van der Waals surface area contributed by atoms with Crippen molar-refractivity contribution in [1.82, 2.24) is 0 Å². The zero-order valence-corrected chi connectivity index (χ0v) is 12.5. The first kappa shape index (κ1) is 13.9. The lowest BCUT2D eigenvalue weighted by Crippen LogP contribution is -2.00. The molecule has 110 valence electrons. The lowest BCUT2D eigenvalue weighted by atomic mass is 10.0. The van der Waals surface area contributed by atoms with Crippen LogP contribution in [-0.4, -0.2) is 24.3 Å². The summed E-state index contributed by atoms with van der Waals surface area (Å²) in [5, 5.41) is 9.08. The predicted molar refractivity (Wildman–Crippen MR) is 81.4 cm³/mol. The van der Waals surface area contributed by atoms with E-state index in [1.54, 1.807) is 0 Å². The summed E-state index contributed by atoms with van der Waals surface area (Å²) in [6.45, 7) is 3.24. The fourth-order valence-corrected chi connectivity index (χ4v) is 3.50. The summed E-state index contributed by atoms with van der Waals surface area (Å²) in [5.41, 5.74) is 1.84. The maximum Gasteiger partial charge on any atom is 0.308 e. The molecule has 0 aliphatic carbocycles. The Balaban J connectivity index is 2.10. The van der Waals surface area contributed by atoms with Crippen molar-refractivity contribution in [3.05, 3.63) is 34.0 Å². The van der Waals surface area contributed by atoms with Crippen molar-refractivity contribution in [3.63, 3.8) is 0 Å². The van der Waals surface area contributed by atoms with Gasteiger partial charge in [0.25, 0.3) is 0 Å². The molecule has 2 heterocycles. The van der Waals surface area contributed by atoms with E-state index in [2.05, 4.69) is 0 Å². The maximum absolute atomic E-state index is 11.1. The number of para-hydroxylation sites is 1. The average Bonchev–Trinajstić information content (AvgIpc) is 2.66. The summed E-state index contributed by atoms with van der Waals surface area (Å²) in [4.78, 5) is 13.0. The molecule has 1 aliphatic heterocycles. The van der Waals surface area contributed by atoms with Gasteiger partial charge in [0.1, 0.15) is 0 Å². The van der Waals surface area contributed by atoms with Crippen LogP contribution in [0.15, 0.2) is 24.3 Å². The topological polar surface area (TPSA) is 55.8 Å². The lowest BCUT2D eigenvalue weighted by Gasteiger charge is -2.12. The number of benzene rings is 1. The van der Waals surface area contributed by atoms with Gasteiger partial charge in [-0.15, -0.1) is 11.3 Å². The van der Waals surface area contributed by atoms with Crippen LogP contribution >= 0.6 is 11.3 Å². The summed E-state index contributed by atoms with van der Waals surface area (Å²) < 4.78 is 11.5. The van der Waals surface area contributed by atoms with E-state index in [1.165, 1.54) is 11.3 Å². The van der Waals surface area contributed by atoms with Gasteiger partial charge in [0.05, 0.1) is 19.6 Å². The Hall–Kier alpha value is -2.01. The van der Waals surface area contributed by atoms with E-state index in [9.17, 15) is 4.79 Å². The lowest BCUT2D eigenvalue weighted by molar-refractivity contribution is -0.136. The molecule has 1 aromatic carbocycles.